The van der Waals surface area contributed by atoms with Gasteiger partial charge >= 0.3 is 0 Å². The van der Waals surface area contributed by atoms with Crippen molar-refractivity contribution in [1.82, 2.24) is 0 Å². The highest BCUT2D eigenvalue weighted by molar-refractivity contribution is 5.68. The van der Waals surface area contributed by atoms with Crippen LogP contribution in [0.1, 0.15) is 17.5 Å². The van der Waals surface area contributed by atoms with Gasteiger partial charge in [0, 0.05) is 0 Å². The molecule has 0 spiro atoms. The van der Waals surface area contributed by atoms with E-state index in [2.05, 4.69) is 60.7 Å². The summed E-state index contributed by atoms with van der Waals surface area (Å²) in [5.74, 6) is 0. The molecule has 0 aliphatic heterocycles. The van der Waals surface area contributed by atoms with Gasteiger partial charge in [-0.2, -0.15) is 0 Å². The Kier molecular flexibility index (Phi) is 2.34. The second-order valence-corrected chi connectivity index (χ2v) is 4.22. The number of hydrogen-bond acceptors (Lipinski definition) is 0. The van der Waals surface area contributed by atoms with Crippen LogP contribution in [-0.2, 0) is 6.42 Å². The summed E-state index contributed by atoms with van der Waals surface area (Å²) in [7, 11) is 0. The van der Waals surface area contributed by atoms with Crippen molar-refractivity contribution >= 4 is 6.08 Å². The Bertz CT molecular complexity index is 521. The van der Waals surface area contributed by atoms with Gasteiger partial charge in [0.05, 0.1) is 0 Å². The van der Waals surface area contributed by atoms with E-state index in [1.54, 1.807) is 0 Å². The summed E-state index contributed by atoms with van der Waals surface area (Å²) in [5, 5.41) is 0. The summed E-state index contributed by atoms with van der Waals surface area (Å²) in [4.78, 5) is 0. The topological polar surface area (TPSA) is 0 Å². The molecule has 0 fully saturated rings. The number of fused-ring (bicyclic) bond motifs is 1. The van der Waals surface area contributed by atoms with Gasteiger partial charge in [-0.3, -0.25) is 0 Å². The number of allylic oxidation sites excluding steroid dienone is 1. The fourth-order valence-electron chi connectivity index (χ4n) is 2.24. The molecule has 0 heteroatoms. The van der Waals surface area contributed by atoms with Crippen LogP contribution in [-0.4, -0.2) is 0 Å². The van der Waals surface area contributed by atoms with Crippen LogP contribution in [0, 0.1) is 0 Å². The second-order valence-electron chi connectivity index (χ2n) is 4.22. The number of aryl methyl sites for hydroxylation is 1. The first kappa shape index (κ1) is 9.41. The van der Waals surface area contributed by atoms with Gasteiger partial charge in [0.25, 0.3) is 0 Å². The van der Waals surface area contributed by atoms with Crippen molar-refractivity contribution in [2.24, 2.45) is 0 Å². The van der Waals surface area contributed by atoms with Crippen molar-refractivity contribution in [2.45, 2.75) is 12.8 Å². The van der Waals surface area contributed by atoms with Gasteiger partial charge in [-0.05, 0) is 35.1 Å². The van der Waals surface area contributed by atoms with Gasteiger partial charge in [-0.15, -0.1) is 0 Å². The molecule has 0 saturated heterocycles. The molecule has 1 aliphatic carbocycles. The van der Waals surface area contributed by atoms with Gasteiger partial charge in [0.2, 0.25) is 0 Å². The van der Waals surface area contributed by atoms with E-state index in [0.717, 1.165) is 0 Å². The molecular weight excluding hydrogens is 192 g/mol. The van der Waals surface area contributed by atoms with Crippen LogP contribution < -0.4 is 0 Å². The third-order valence-electron chi connectivity index (χ3n) is 3.13. The van der Waals surface area contributed by atoms with E-state index >= 15 is 0 Å². The molecule has 0 radical (unpaired) electrons. The van der Waals surface area contributed by atoms with Crippen molar-refractivity contribution in [1.29, 1.82) is 0 Å². The minimum Gasteiger partial charge on any atom is -0.0836 e. The lowest BCUT2D eigenvalue weighted by molar-refractivity contribution is 0.986. The number of hydrogen-bond donors (Lipinski definition) is 0. The lowest BCUT2D eigenvalue weighted by Gasteiger charge is -2.12. The molecule has 0 amide bonds. The van der Waals surface area contributed by atoms with Crippen LogP contribution in [0.15, 0.2) is 54.6 Å². The maximum atomic E-state index is 2.33. The SMILES string of the molecule is C1=Cc2ccc(-c3ccccc3)cc2CC1. The maximum absolute atomic E-state index is 2.33. The minimum atomic E-state index is 1.17. The zero-order chi connectivity index (χ0) is 10.8. The average molecular weight is 206 g/mol. The predicted molar refractivity (Wildman–Crippen MR) is 69.2 cm³/mol. The van der Waals surface area contributed by atoms with Gasteiger partial charge < -0.3 is 0 Å². The molecule has 0 aromatic heterocycles. The lowest BCUT2D eigenvalue weighted by Crippen LogP contribution is -1.94. The van der Waals surface area contributed by atoms with Crippen LogP contribution in [0.5, 0.6) is 0 Å². The Morgan fingerprint density at radius 2 is 1.69 bits per heavy atom. The molecular formula is C16H14. The highest BCUT2D eigenvalue weighted by atomic mass is 14.1. The first-order valence-electron chi connectivity index (χ1n) is 5.78. The van der Waals surface area contributed by atoms with E-state index < -0.39 is 0 Å². The molecule has 2 aromatic rings. The third-order valence-corrected chi connectivity index (χ3v) is 3.13. The number of rotatable bonds is 1. The Labute approximate surface area is 96.3 Å². The summed E-state index contributed by atoms with van der Waals surface area (Å²) in [6.45, 7) is 0. The second kappa shape index (κ2) is 3.97. The summed E-state index contributed by atoms with van der Waals surface area (Å²) < 4.78 is 0. The highest BCUT2D eigenvalue weighted by Crippen LogP contribution is 2.26. The molecule has 0 bridgehead atoms. The summed E-state index contributed by atoms with van der Waals surface area (Å²) in [6.07, 6.45) is 6.83. The zero-order valence-electron chi connectivity index (χ0n) is 9.19. The monoisotopic (exact) mass is 206 g/mol. The van der Waals surface area contributed by atoms with Crippen LogP contribution in [0.3, 0.4) is 0 Å². The summed E-state index contributed by atoms with van der Waals surface area (Å²) in [6, 6.07) is 17.3. The third kappa shape index (κ3) is 1.67. The Morgan fingerprint density at radius 3 is 2.56 bits per heavy atom. The maximum Gasteiger partial charge on any atom is -0.0181 e. The van der Waals surface area contributed by atoms with E-state index in [0.29, 0.717) is 0 Å². The van der Waals surface area contributed by atoms with Crippen molar-refractivity contribution in [3.8, 4) is 11.1 Å². The van der Waals surface area contributed by atoms with Gasteiger partial charge in [-0.1, -0.05) is 60.7 Å². The van der Waals surface area contributed by atoms with E-state index in [4.69, 9.17) is 0 Å². The van der Waals surface area contributed by atoms with E-state index in [1.165, 1.54) is 35.1 Å². The minimum absolute atomic E-state index is 1.17. The van der Waals surface area contributed by atoms with Crippen LogP contribution >= 0.6 is 0 Å². The van der Waals surface area contributed by atoms with Crippen molar-refractivity contribution in [2.75, 3.05) is 0 Å². The van der Waals surface area contributed by atoms with Crippen molar-refractivity contribution < 1.29 is 0 Å². The zero-order valence-corrected chi connectivity index (χ0v) is 9.19. The smallest absolute Gasteiger partial charge is 0.0181 e. The quantitative estimate of drug-likeness (QED) is 0.652. The molecule has 16 heavy (non-hydrogen) atoms. The predicted octanol–water partition coefficient (Wildman–Crippen LogP) is 4.31. The van der Waals surface area contributed by atoms with E-state index in [-0.39, 0.29) is 0 Å². The first-order chi connectivity index (χ1) is 7.93. The molecule has 78 valence electrons. The normalized spacial score (nSPS) is 13.5. The molecule has 3 rings (SSSR count). The average Bonchev–Trinajstić information content (AvgIpc) is 2.39. The molecule has 0 heterocycles. The molecule has 0 atom stereocenters. The molecule has 0 N–H and O–H groups in total. The molecule has 2 aromatic carbocycles. The van der Waals surface area contributed by atoms with Crippen LogP contribution in [0.25, 0.3) is 17.2 Å². The van der Waals surface area contributed by atoms with Crippen LogP contribution in [0.2, 0.25) is 0 Å². The molecule has 0 nitrogen and oxygen atoms in total. The highest BCUT2D eigenvalue weighted by Gasteiger charge is 2.05. The van der Waals surface area contributed by atoms with Crippen molar-refractivity contribution in [3.05, 3.63) is 65.7 Å². The van der Waals surface area contributed by atoms with Crippen molar-refractivity contribution in [3.63, 3.8) is 0 Å². The summed E-state index contributed by atoms with van der Waals surface area (Å²) >= 11 is 0. The van der Waals surface area contributed by atoms with E-state index in [1.807, 2.05) is 0 Å². The largest absolute Gasteiger partial charge is 0.0836 e. The van der Waals surface area contributed by atoms with E-state index in [9.17, 15) is 0 Å². The summed E-state index contributed by atoms with van der Waals surface area (Å²) in [5.41, 5.74) is 5.49. The Morgan fingerprint density at radius 1 is 0.812 bits per heavy atom. The fraction of sp³-hybridized carbons (Fsp3) is 0.125. The van der Waals surface area contributed by atoms with Gasteiger partial charge in [0.1, 0.15) is 0 Å². The Balaban J connectivity index is 2.07. The number of benzene rings is 2. The first-order valence-corrected chi connectivity index (χ1v) is 5.78. The fourth-order valence-corrected chi connectivity index (χ4v) is 2.24. The lowest BCUT2D eigenvalue weighted by atomic mass is 9.93. The van der Waals surface area contributed by atoms with Crippen LogP contribution in [0.4, 0.5) is 0 Å². The molecule has 0 unspecified atom stereocenters. The Hall–Kier alpha value is -1.82. The molecule has 1 aliphatic rings. The van der Waals surface area contributed by atoms with Gasteiger partial charge in [0.15, 0.2) is 0 Å². The van der Waals surface area contributed by atoms with Gasteiger partial charge in [-0.25, -0.2) is 0 Å². The molecule has 0 saturated carbocycles. The standard InChI is InChI=1S/C16H14/c1-2-6-13(7-3-1)16-11-10-14-8-4-5-9-15(14)12-16/h1-4,6-8,10-12H,5,9H2.